The smallest absolute Gasteiger partial charge is 0.475 e. The lowest BCUT2D eigenvalue weighted by Crippen LogP contribution is -2.39. The summed E-state index contributed by atoms with van der Waals surface area (Å²) in [4.78, 5) is 45.1. The number of halogens is 3. The summed E-state index contributed by atoms with van der Waals surface area (Å²) in [6, 6.07) is 6.01. The zero-order valence-electron chi connectivity index (χ0n) is 20.6. The highest BCUT2D eigenvalue weighted by atomic mass is 19.4. The number of aromatic nitrogens is 2. The highest BCUT2D eigenvalue weighted by Gasteiger charge is 2.39. The van der Waals surface area contributed by atoms with Crippen LogP contribution in [0, 0.1) is 5.92 Å². The van der Waals surface area contributed by atoms with Gasteiger partial charge in [0.15, 0.2) is 11.5 Å². The van der Waals surface area contributed by atoms with Crippen LogP contribution in [0.25, 0.3) is 11.3 Å². The van der Waals surface area contributed by atoms with Crippen molar-refractivity contribution in [1.82, 2.24) is 20.2 Å². The first kappa shape index (κ1) is 27.3. The van der Waals surface area contributed by atoms with E-state index in [1.165, 1.54) is 12.8 Å². The molecule has 1 saturated carbocycles. The number of carbonyl (C=O) groups excluding carboxylic acids is 2. The molecular formula is C25H28F3N5O5. The van der Waals surface area contributed by atoms with E-state index in [0.717, 1.165) is 29.5 Å². The third-order valence-corrected chi connectivity index (χ3v) is 6.84. The summed E-state index contributed by atoms with van der Waals surface area (Å²) < 4.78 is 37.1. The van der Waals surface area contributed by atoms with E-state index in [9.17, 15) is 22.8 Å². The number of alkyl halides is 3. The molecule has 2 aromatic rings. The Labute approximate surface area is 216 Å². The van der Waals surface area contributed by atoms with Gasteiger partial charge in [-0.15, -0.1) is 0 Å². The third kappa shape index (κ3) is 6.21. The molecule has 0 bridgehead atoms. The fourth-order valence-corrected chi connectivity index (χ4v) is 4.46. The molecule has 0 unspecified atom stereocenters. The van der Waals surface area contributed by atoms with Crippen molar-refractivity contribution in [2.24, 2.45) is 5.92 Å². The van der Waals surface area contributed by atoms with Crippen LogP contribution < -0.4 is 11.1 Å². The molecule has 38 heavy (non-hydrogen) atoms. The number of anilines is 1. The predicted molar refractivity (Wildman–Crippen MR) is 129 cm³/mol. The van der Waals surface area contributed by atoms with Gasteiger partial charge in [-0.05, 0) is 56.2 Å². The van der Waals surface area contributed by atoms with E-state index in [1.807, 2.05) is 23.1 Å². The lowest BCUT2D eigenvalue weighted by molar-refractivity contribution is -0.192. The summed E-state index contributed by atoms with van der Waals surface area (Å²) in [6.07, 6.45) is 0.434. The average molecular weight is 536 g/mol. The number of nitrogens with zero attached hydrogens (tertiary/aromatic N) is 3. The van der Waals surface area contributed by atoms with Crippen molar-refractivity contribution in [1.29, 1.82) is 0 Å². The molecule has 2 aliphatic heterocycles. The van der Waals surface area contributed by atoms with E-state index in [4.69, 9.17) is 20.4 Å². The number of nitrogens with one attached hydrogen (secondary N) is 1. The van der Waals surface area contributed by atoms with Crippen LogP contribution in [0.4, 0.5) is 19.0 Å². The molecule has 4 N–H and O–H groups in total. The number of amides is 2. The van der Waals surface area contributed by atoms with Gasteiger partial charge in [-0.1, -0.05) is 6.07 Å². The SMILES string of the molecule is C[C@@H](C1CC1)N1Cc2cc(-c3cnc(N)c(C(=O)NC4CCOCC4)n3)ccc2C1=O.O=C(O)C(F)(F)F. The number of hydrogen-bond donors (Lipinski definition) is 3. The maximum Gasteiger partial charge on any atom is 0.490 e. The van der Waals surface area contributed by atoms with Crippen LogP contribution in [0.3, 0.4) is 0 Å². The Kier molecular flexibility index (Phi) is 7.86. The van der Waals surface area contributed by atoms with Gasteiger partial charge in [0.25, 0.3) is 11.8 Å². The monoisotopic (exact) mass is 535 g/mol. The molecule has 1 aromatic heterocycles. The first-order valence-electron chi connectivity index (χ1n) is 12.2. The topological polar surface area (TPSA) is 148 Å². The molecule has 2 amide bonds. The van der Waals surface area contributed by atoms with Gasteiger partial charge in [-0.3, -0.25) is 9.59 Å². The van der Waals surface area contributed by atoms with Crippen LogP contribution >= 0.6 is 0 Å². The minimum Gasteiger partial charge on any atom is -0.475 e. The van der Waals surface area contributed by atoms with Crippen LogP contribution in [0.2, 0.25) is 0 Å². The molecular weight excluding hydrogens is 507 g/mol. The number of benzene rings is 1. The average Bonchev–Trinajstić information content (AvgIpc) is 3.68. The molecule has 10 nitrogen and oxygen atoms in total. The van der Waals surface area contributed by atoms with E-state index in [2.05, 4.69) is 22.2 Å². The van der Waals surface area contributed by atoms with Crippen LogP contribution in [-0.4, -0.2) is 69.2 Å². The van der Waals surface area contributed by atoms with Crippen molar-refractivity contribution in [3.63, 3.8) is 0 Å². The van der Waals surface area contributed by atoms with Gasteiger partial charge in [0, 0.05) is 43.0 Å². The Morgan fingerprint density at radius 1 is 1.21 bits per heavy atom. The van der Waals surface area contributed by atoms with E-state index in [-0.39, 0.29) is 35.4 Å². The Morgan fingerprint density at radius 2 is 1.87 bits per heavy atom. The number of hydrogen-bond acceptors (Lipinski definition) is 7. The quantitative estimate of drug-likeness (QED) is 0.529. The normalized spacial score (nSPS) is 18.3. The van der Waals surface area contributed by atoms with Gasteiger partial charge in [-0.25, -0.2) is 14.8 Å². The van der Waals surface area contributed by atoms with Crippen LogP contribution in [-0.2, 0) is 16.1 Å². The Hall–Kier alpha value is -3.74. The van der Waals surface area contributed by atoms with Gasteiger partial charge >= 0.3 is 12.1 Å². The number of carbonyl (C=O) groups is 3. The lowest BCUT2D eigenvalue weighted by Gasteiger charge is -2.23. The first-order chi connectivity index (χ1) is 18.0. The molecule has 1 aliphatic carbocycles. The molecule has 204 valence electrons. The highest BCUT2D eigenvalue weighted by Crippen LogP contribution is 2.38. The van der Waals surface area contributed by atoms with Crippen molar-refractivity contribution in [3.05, 3.63) is 41.2 Å². The molecule has 0 spiro atoms. The standard InChI is InChI=1S/C23H27N5O3.C2HF3O2/c1-13(14-2-3-14)28-12-16-10-15(4-5-18(16)23(28)30)19-11-25-21(24)20(27-19)22(29)26-17-6-8-31-9-7-17;3-2(4,5)1(6)7/h4-5,10-11,13-14,17H,2-3,6-9,12H2,1H3,(H2,24,25)(H,26,29);(H,6,7)/t13-;/m0./s1. The number of nitrogen functional groups attached to an aromatic ring is 1. The fourth-order valence-electron chi connectivity index (χ4n) is 4.46. The molecule has 13 heteroatoms. The number of fused-ring (bicyclic) bond motifs is 1. The second kappa shape index (κ2) is 10.9. The second-order valence-corrected chi connectivity index (χ2v) is 9.54. The number of aliphatic carboxylic acids is 1. The molecule has 3 aliphatic rings. The van der Waals surface area contributed by atoms with E-state index < -0.39 is 12.1 Å². The van der Waals surface area contributed by atoms with Gasteiger partial charge in [0.05, 0.1) is 11.9 Å². The zero-order valence-corrected chi connectivity index (χ0v) is 20.6. The maximum absolute atomic E-state index is 12.8. The maximum atomic E-state index is 12.8. The molecule has 5 rings (SSSR count). The summed E-state index contributed by atoms with van der Waals surface area (Å²) in [7, 11) is 0. The van der Waals surface area contributed by atoms with Crippen LogP contribution in [0.1, 0.15) is 59.0 Å². The van der Waals surface area contributed by atoms with E-state index in [1.54, 1.807) is 6.20 Å². The van der Waals surface area contributed by atoms with Crippen LogP contribution in [0.15, 0.2) is 24.4 Å². The van der Waals surface area contributed by atoms with E-state index >= 15 is 0 Å². The van der Waals surface area contributed by atoms with Crippen LogP contribution in [0.5, 0.6) is 0 Å². The molecule has 1 atom stereocenters. The molecule has 1 saturated heterocycles. The summed E-state index contributed by atoms with van der Waals surface area (Å²) in [6.45, 7) is 4.02. The highest BCUT2D eigenvalue weighted by molar-refractivity contribution is 5.99. The van der Waals surface area contributed by atoms with Gasteiger partial charge in [0.1, 0.15) is 0 Å². The summed E-state index contributed by atoms with van der Waals surface area (Å²) in [5.74, 6) is -2.25. The number of rotatable bonds is 5. The largest absolute Gasteiger partial charge is 0.490 e. The Morgan fingerprint density at radius 3 is 2.47 bits per heavy atom. The lowest BCUT2D eigenvalue weighted by atomic mass is 10.0. The number of nitrogens with two attached hydrogens (primary N) is 1. The Bertz CT molecular complexity index is 1230. The summed E-state index contributed by atoms with van der Waals surface area (Å²) in [5, 5.41) is 10.1. The molecule has 0 radical (unpaired) electrons. The number of carboxylic acid groups (broad SMARTS) is 1. The predicted octanol–water partition coefficient (Wildman–Crippen LogP) is 3.02. The molecule has 1 aromatic carbocycles. The summed E-state index contributed by atoms with van der Waals surface area (Å²) >= 11 is 0. The van der Waals surface area contributed by atoms with E-state index in [0.29, 0.717) is 31.4 Å². The number of carboxylic acids is 1. The molecule has 2 fully saturated rings. The minimum atomic E-state index is -5.08. The van der Waals surface area contributed by atoms with Gasteiger partial charge in [0.2, 0.25) is 0 Å². The van der Waals surface area contributed by atoms with Crippen molar-refractivity contribution < 1.29 is 37.4 Å². The van der Waals surface area contributed by atoms with Crippen molar-refractivity contribution in [3.8, 4) is 11.3 Å². The Balaban J connectivity index is 0.000000426. The third-order valence-electron chi connectivity index (χ3n) is 6.84. The minimum absolute atomic E-state index is 0.0524. The van der Waals surface area contributed by atoms with Crippen molar-refractivity contribution >= 4 is 23.6 Å². The number of ether oxygens (including phenoxy) is 1. The molecule has 3 heterocycles. The zero-order chi connectivity index (χ0) is 27.6. The van der Waals surface area contributed by atoms with Crippen molar-refractivity contribution in [2.45, 2.75) is 57.4 Å². The van der Waals surface area contributed by atoms with Gasteiger partial charge in [-0.2, -0.15) is 13.2 Å². The fraction of sp³-hybridized carbons (Fsp3) is 0.480. The van der Waals surface area contributed by atoms with Crippen molar-refractivity contribution in [2.75, 3.05) is 18.9 Å². The summed E-state index contributed by atoms with van der Waals surface area (Å²) in [5.41, 5.74) is 9.21. The first-order valence-corrected chi connectivity index (χ1v) is 12.2. The second-order valence-electron chi connectivity index (χ2n) is 9.54. The van der Waals surface area contributed by atoms with Gasteiger partial charge < -0.3 is 25.8 Å².